The fourth-order valence-electron chi connectivity index (χ4n) is 4.65. The second-order valence-electron chi connectivity index (χ2n) is 9.06. The molecule has 2 aromatic carbocycles. The van der Waals surface area contributed by atoms with Gasteiger partial charge in [-0.25, -0.2) is 18.1 Å². The molecule has 1 amide bonds. The second-order valence-corrected chi connectivity index (χ2v) is 11.3. The van der Waals surface area contributed by atoms with Gasteiger partial charge in [-0.3, -0.25) is 4.79 Å². The minimum absolute atomic E-state index is 0.0376. The van der Waals surface area contributed by atoms with Gasteiger partial charge < -0.3 is 5.32 Å². The van der Waals surface area contributed by atoms with Crippen LogP contribution in [0.5, 0.6) is 0 Å². The number of fused-ring (bicyclic) bond motifs is 1. The first-order valence-corrected chi connectivity index (χ1v) is 13.7. The zero-order chi connectivity index (χ0) is 24.6. The molecule has 8 heteroatoms. The number of carbonyl (C=O) groups excluding carboxylic acids is 1. The monoisotopic (exact) mass is 488 g/mol. The number of pyridine rings is 1. The lowest BCUT2D eigenvalue weighted by Gasteiger charge is -2.13. The molecule has 5 rings (SSSR count). The number of hydrogen-bond donors (Lipinski definition) is 1. The molecule has 0 radical (unpaired) electrons. The highest BCUT2D eigenvalue weighted by atomic mass is 32.2. The van der Waals surface area contributed by atoms with E-state index in [1.807, 2.05) is 55.5 Å². The molecule has 1 atom stereocenters. The average Bonchev–Trinajstić information content (AvgIpc) is 3.41. The van der Waals surface area contributed by atoms with Gasteiger partial charge >= 0.3 is 0 Å². The lowest BCUT2D eigenvalue weighted by atomic mass is 10.0. The Labute approximate surface area is 205 Å². The van der Waals surface area contributed by atoms with E-state index in [0.29, 0.717) is 41.0 Å². The van der Waals surface area contributed by atoms with Gasteiger partial charge in [0, 0.05) is 12.1 Å². The third-order valence-corrected chi connectivity index (χ3v) is 8.34. The van der Waals surface area contributed by atoms with Crippen LogP contribution in [-0.4, -0.2) is 40.6 Å². The van der Waals surface area contributed by atoms with Crippen molar-refractivity contribution in [3.8, 4) is 11.3 Å². The fraction of sp³-hybridized carbons (Fsp3) is 0.296. The molecule has 180 valence electrons. The summed E-state index contributed by atoms with van der Waals surface area (Å²) in [5.74, 6) is -0.0364. The zero-order valence-electron chi connectivity index (χ0n) is 19.9. The summed E-state index contributed by atoms with van der Waals surface area (Å²) < 4.78 is 26.1. The predicted octanol–water partition coefficient (Wildman–Crippen LogP) is 4.26. The number of carbonyl (C=O) groups is 1. The minimum Gasteiger partial charge on any atom is -0.348 e. The minimum atomic E-state index is -3.11. The highest BCUT2D eigenvalue weighted by Crippen LogP contribution is 2.32. The highest BCUT2D eigenvalue weighted by molar-refractivity contribution is 7.91. The van der Waals surface area contributed by atoms with Crippen LogP contribution in [0.4, 0.5) is 0 Å². The van der Waals surface area contributed by atoms with Crippen LogP contribution in [-0.2, 0) is 22.8 Å². The van der Waals surface area contributed by atoms with Crippen LogP contribution >= 0.6 is 0 Å². The Balaban J connectivity index is 1.61. The summed E-state index contributed by atoms with van der Waals surface area (Å²) in [5, 5.41) is 8.36. The van der Waals surface area contributed by atoms with Crippen LogP contribution in [0, 0.1) is 6.92 Å². The molecule has 7 nitrogen and oxygen atoms in total. The number of nitrogens with one attached hydrogen (secondary N) is 1. The van der Waals surface area contributed by atoms with Gasteiger partial charge in [0.05, 0.1) is 39.9 Å². The number of aromatic nitrogens is 3. The summed E-state index contributed by atoms with van der Waals surface area (Å²) in [6.45, 7) is 4.34. The van der Waals surface area contributed by atoms with Crippen LogP contribution in [0.2, 0.25) is 0 Å². The summed E-state index contributed by atoms with van der Waals surface area (Å²) in [6, 6.07) is 19.4. The summed E-state index contributed by atoms with van der Waals surface area (Å²) in [4.78, 5) is 18.3. The largest absolute Gasteiger partial charge is 0.348 e. The van der Waals surface area contributed by atoms with Crippen LogP contribution in [0.15, 0.2) is 60.7 Å². The molecule has 35 heavy (non-hydrogen) atoms. The first-order valence-electron chi connectivity index (χ1n) is 11.9. The van der Waals surface area contributed by atoms with E-state index >= 15 is 0 Å². The zero-order valence-corrected chi connectivity index (χ0v) is 20.7. The molecular weight excluding hydrogens is 460 g/mol. The van der Waals surface area contributed by atoms with Crippen LogP contribution < -0.4 is 5.32 Å². The third kappa shape index (κ3) is 4.71. The number of rotatable bonds is 6. The van der Waals surface area contributed by atoms with Crippen molar-refractivity contribution in [3.63, 3.8) is 0 Å². The van der Waals surface area contributed by atoms with Crippen molar-refractivity contribution in [1.82, 2.24) is 20.1 Å². The number of benzene rings is 2. The smallest absolute Gasteiger partial charge is 0.252 e. The number of sulfone groups is 1. The molecular formula is C27H28N4O3S. The van der Waals surface area contributed by atoms with Gasteiger partial charge in [-0.15, -0.1) is 0 Å². The van der Waals surface area contributed by atoms with Crippen molar-refractivity contribution in [2.75, 3.05) is 11.5 Å². The molecule has 1 saturated heterocycles. The molecule has 0 spiro atoms. The van der Waals surface area contributed by atoms with E-state index in [1.54, 1.807) is 4.68 Å². The number of hydrogen-bond acceptors (Lipinski definition) is 5. The van der Waals surface area contributed by atoms with Crippen LogP contribution in [0.1, 0.15) is 46.6 Å². The Bertz CT molecular complexity index is 1490. The summed E-state index contributed by atoms with van der Waals surface area (Å²) >= 11 is 0. The van der Waals surface area contributed by atoms with E-state index in [1.165, 1.54) is 5.56 Å². The van der Waals surface area contributed by atoms with Gasteiger partial charge in [-0.2, -0.15) is 5.10 Å². The predicted molar refractivity (Wildman–Crippen MR) is 137 cm³/mol. The van der Waals surface area contributed by atoms with E-state index < -0.39 is 9.84 Å². The Morgan fingerprint density at radius 3 is 2.49 bits per heavy atom. The first kappa shape index (κ1) is 23.2. The van der Waals surface area contributed by atoms with Crippen molar-refractivity contribution in [2.45, 2.75) is 39.3 Å². The Morgan fingerprint density at radius 1 is 1.09 bits per heavy atom. The average molecular weight is 489 g/mol. The van der Waals surface area contributed by atoms with Gasteiger partial charge in [0.15, 0.2) is 15.5 Å². The van der Waals surface area contributed by atoms with Gasteiger partial charge in [-0.1, -0.05) is 61.5 Å². The molecule has 4 aromatic rings. The molecule has 1 N–H and O–H groups in total. The van der Waals surface area contributed by atoms with Gasteiger partial charge in [0.1, 0.15) is 0 Å². The van der Waals surface area contributed by atoms with Crippen LogP contribution in [0.3, 0.4) is 0 Å². The molecule has 0 saturated carbocycles. The van der Waals surface area contributed by atoms with Gasteiger partial charge in [0.2, 0.25) is 0 Å². The fourth-order valence-corrected chi connectivity index (χ4v) is 6.34. The molecule has 1 aliphatic heterocycles. The highest BCUT2D eigenvalue weighted by Gasteiger charge is 2.32. The number of nitrogens with zero attached hydrogens (tertiary/aromatic N) is 3. The summed E-state index contributed by atoms with van der Waals surface area (Å²) in [5.41, 5.74) is 5.47. The first-order chi connectivity index (χ1) is 16.8. The molecule has 0 bridgehead atoms. The molecule has 2 aromatic heterocycles. The van der Waals surface area contributed by atoms with Gasteiger partial charge in [0.25, 0.3) is 5.91 Å². The topological polar surface area (TPSA) is 94.0 Å². The maximum Gasteiger partial charge on any atom is 0.252 e. The Morgan fingerprint density at radius 2 is 1.83 bits per heavy atom. The molecule has 3 heterocycles. The normalized spacial score (nSPS) is 17.0. The SMILES string of the molecule is CCc1ccc(-c2cc(C(=O)NCc3ccccc3)c3c(C)nn(C4CCS(=O)(=O)C4)c3n2)cc1. The lowest BCUT2D eigenvalue weighted by Crippen LogP contribution is -2.23. The maximum absolute atomic E-state index is 13.4. The molecule has 1 aliphatic rings. The molecule has 0 aliphatic carbocycles. The van der Waals surface area contributed by atoms with Crippen molar-refractivity contribution >= 4 is 26.8 Å². The van der Waals surface area contributed by atoms with Crippen molar-refractivity contribution in [3.05, 3.63) is 83.0 Å². The molecule has 1 unspecified atom stereocenters. The summed E-state index contributed by atoms with van der Waals surface area (Å²) in [6.07, 6.45) is 1.42. The molecule has 1 fully saturated rings. The van der Waals surface area contributed by atoms with Crippen LogP contribution in [0.25, 0.3) is 22.3 Å². The van der Waals surface area contributed by atoms with E-state index in [9.17, 15) is 13.2 Å². The second kappa shape index (κ2) is 9.26. The van der Waals surface area contributed by atoms with Crippen molar-refractivity contribution < 1.29 is 13.2 Å². The Hall–Kier alpha value is -3.52. The number of aryl methyl sites for hydroxylation is 2. The lowest BCUT2D eigenvalue weighted by molar-refractivity contribution is 0.0952. The van der Waals surface area contributed by atoms with E-state index in [-0.39, 0.29) is 23.5 Å². The van der Waals surface area contributed by atoms with Crippen molar-refractivity contribution in [2.24, 2.45) is 0 Å². The third-order valence-electron chi connectivity index (χ3n) is 6.59. The Kier molecular flexibility index (Phi) is 6.15. The van der Waals surface area contributed by atoms with Gasteiger partial charge in [-0.05, 0) is 37.0 Å². The van der Waals surface area contributed by atoms with E-state index in [4.69, 9.17) is 4.98 Å². The standard InChI is InChI=1S/C27H28N4O3S/c1-3-19-9-11-21(12-10-19)24-15-23(27(32)28-16-20-7-5-4-6-8-20)25-18(2)30-31(26(25)29-24)22-13-14-35(33,34)17-22/h4-12,15,22H,3,13-14,16-17H2,1-2H3,(H,28,32). The van der Waals surface area contributed by atoms with Crippen molar-refractivity contribution in [1.29, 1.82) is 0 Å². The quantitative estimate of drug-likeness (QED) is 0.438. The summed E-state index contributed by atoms with van der Waals surface area (Å²) in [7, 11) is -3.11. The van der Waals surface area contributed by atoms with E-state index in [2.05, 4.69) is 29.5 Å². The maximum atomic E-state index is 13.4. The van der Waals surface area contributed by atoms with E-state index in [0.717, 1.165) is 17.5 Å². The number of amides is 1.